The normalized spacial score (nSPS) is 17.2. The quantitative estimate of drug-likeness (QED) is 0.340. The van der Waals surface area contributed by atoms with Gasteiger partial charge in [0.2, 0.25) is 0 Å². The summed E-state index contributed by atoms with van der Waals surface area (Å²) in [5.41, 5.74) is 5.08. The van der Waals surface area contributed by atoms with Crippen molar-refractivity contribution in [3.8, 4) is 0 Å². The first-order valence-electron chi connectivity index (χ1n) is 12.2. The van der Waals surface area contributed by atoms with Gasteiger partial charge in [-0.15, -0.1) is 0 Å². The van der Waals surface area contributed by atoms with Gasteiger partial charge in [-0.25, -0.2) is 0 Å². The second-order valence-electron chi connectivity index (χ2n) is 9.04. The van der Waals surface area contributed by atoms with E-state index >= 15 is 0 Å². The van der Waals surface area contributed by atoms with E-state index in [9.17, 15) is 14.4 Å². The monoisotopic (exact) mass is 557 g/mol. The Balaban J connectivity index is 1.34. The van der Waals surface area contributed by atoms with Crippen LogP contribution >= 0.6 is 15.9 Å². The van der Waals surface area contributed by atoms with Gasteiger partial charge in [-0.1, -0.05) is 15.9 Å². The van der Waals surface area contributed by atoms with Gasteiger partial charge in [-0.2, -0.15) is 0 Å². The molecule has 1 aromatic heterocycles. The molecule has 3 heterocycles. The predicted octanol–water partition coefficient (Wildman–Crippen LogP) is 2.80. The van der Waals surface area contributed by atoms with Crippen LogP contribution in [-0.2, 0) is 14.3 Å². The molecule has 192 valence electrons. The SMILES string of the molecule is CCOC(=O)CN1CCN(CCNC(=O)c2c(C)[nH]c(/C=C3\C(=O)Nc4ccc(Br)cc43)c2C)CC1. The Bertz CT molecular complexity index is 1200. The third-order valence-corrected chi connectivity index (χ3v) is 7.09. The zero-order valence-electron chi connectivity index (χ0n) is 20.9. The molecule has 0 aliphatic carbocycles. The number of benzene rings is 1. The largest absolute Gasteiger partial charge is 0.465 e. The average molecular weight is 558 g/mol. The number of esters is 1. The summed E-state index contributed by atoms with van der Waals surface area (Å²) in [6.07, 6.45) is 1.81. The number of rotatable bonds is 8. The smallest absolute Gasteiger partial charge is 0.320 e. The second kappa shape index (κ2) is 11.4. The third-order valence-electron chi connectivity index (χ3n) is 6.59. The number of H-pyrrole nitrogens is 1. The lowest BCUT2D eigenvalue weighted by molar-refractivity contribution is -0.144. The van der Waals surface area contributed by atoms with E-state index < -0.39 is 0 Å². The van der Waals surface area contributed by atoms with Crippen LogP contribution in [0.3, 0.4) is 0 Å². The summed E-state index contributed by atoms with van der Waals surface area (Å²) in [5.74, 6) is -0.481. The first-order valence-corrected chi connectivity index (χ1v) is 13.0. The van der Waals surface area contributed by atoms with Crippen molar-refractivity contribution in [2.75, 3.05) is 57.7 Å². The molecule has 4 rings (SSSR count). The summed E-state index contributed by atoms with van der Waals surface area (Å²) in [5, 5.41) is 5.92. The van der Waals surface area contributed by atoms with Gasteiger partial charge in [-0.3, -0.25) is 24.2 Å². The maximum atomic E-state index is 13.0. The number of ether oxygens (including phenoxy) is 1. The van der Waals surface area contributed by atoms with Gasteiger partial charge in [0.15, 0.2) is 0 Å². The Morgan fingerprint density at radius 2 is 1.89 bits per heavy atom. The maximum absolute atomic E-state index is 13.0. The number of aromatic amines is 1. The number of hydrogen-bond donors (Lipinski definition) is 3. The lowest BCUT2D eigenvalue weighted by Crippen LogP contribution is -2.49. The van der Waals surface area contributed by atoms with E-state index in [0.717, 1.165) is 65.4 Å². The van der Waals surface area contributed by atoms with E-state index in [-0.39, 0.29) is 17.8 Å². The fourth-order valence-corrected chi connectivity index (χ4v) is 5.04. The predicted molar refractivity (Wildman–Crippen MR) is 143 cm³/mol. The van der Waals surface area contributed by atoms with Crippen LogP contribution < -0.4 is 10.6 Å². The third kappa shape index (κ3) is 5.88. The van der Waals surface area contributed by atoms with Crippen LogP contribution in [-0.4, -0.2) is 85.0 Å². The van der Waals surface area contributed by atoms with Crippen molar-refractivity contribution in [2.24, 2.45) is 0 Å². The molecular formula is C26H32BrN5O4. The number of piperazine rings is 1. The van der Waals surface area contributed by atoms with Crippen LogP contribution in [0.4, 0.5) is 5.69 Å². The Morgan fingerprint density at radius 1 is 1.17 bits per heavy atom. The number of carbonyl (C=O) groups is 3. The Labute approximate surface area is 219 Å². The van der Waals surface area contributed by atoms with E-state index in [1.54, 1.807) is 0 Å². The molecule has 2 aliphatic heterocycles. The zero-order valence-corrected chi connectivity index (χ0v) is 22.5. The highest BCUT2D eigenvalue weighted by Gasteiger charge is 2.26. The molecule has 36 heavy (non-hydrogen) atoms. The number of hydrogen-bond acceptors (Lipinski definition) is 6. The highest BCUT2D eigenvalue weighted by atomic mass is 79.9. The zero-order chi connectivity index (χ0) is 25.8. The summed E-state index contributed by atoms with van der Waals surface area (Å²) in [6.45, 7) is 10.8. The summed E-state index contributed by atoms with van der Waals surface area (Å²) in [6, 6.07) is 5.66. The van der Waals surface area contributed by atoms with Crippen LogP contribution in [0.2, 0.25) is 0 Å². The Hall–Kier alpha value is -2.95. The molecule has 0 spiro atoms. The number of fused-ring (bicyclic) bond motifs is 1. The van der Waals surface area contributed by atoms with Gasteiger partial charge in [0, 0.05) is 66.4 Å². The number of nitrogens with one attached hydrogen (secondary N) is 3. The number of amides is 2. The molecule has 3 N–H and O–H groups in total. The van der Waals surface area contributed by atoms with Gasteiger partial charge in [0.05, 0.1) is 24.3 Å². The van der Waals surface area contributed by atoms with Crippen LogP contribution in [0.5, 0.6) is 0 Å². The lowest BCUT2D eigenvalue weighted by atomic mass is 10.0. The highest BCUT2D eigenvalue weighted by Crippen LogP contribution is 2.35. The number of aryl methyl sites for hydroxylation is 1. The van der Waals surface area contributed by atoms with Crippen molar-refractivity contribution in [3.05, 3.63) is 50.8 Å². The van der Waals surface area contributed by atoms with Crippen LogP contribution in [0, 0.1) is 13.8 Å². The average Bonchev–Trinajstić information content (AvgIpc) is 3.29. The number of aromatic nitrogens is 1. The molecule has 1 saturated heterocycles. The first kappa shape index (κ1) is 26.1. The van der Waals surface area contributed by atoms with Crippen LogP contribution in [0.25, 0.3) is 11.6 Å². The van der Waals surface area contributed by atoms with E-state index in [4.69, 9.17) is 4.74 Å². The van der Waals surface area contributed by atoms with Crippen molar-refractivity contribution in [2.45, 2.75) is 20.8 Å². The minimum absolute atomic E-state index is 0.133. The maximum Gasteiger partial charge on any atom is 0.320 e. The van der Waals surface area contributed by atoms with Gasteiger partial charge in [0.25, 0.3) is 11.8 Å². The number of anilines is 1. The molecule has 1 aromatic carbocycles. The molecule has 0 unspecified atom stereocenters. The lowest BCUT2D eigenvalue weighted by Gasteiger charge is -2.34. The molecular weight excluding hydrogens is 526 g/mol. The molecule has 2 aliphatic rings. The van der Waals surface area contributed by atoms with E-state index in [1.165, 1.54) is 0 Å². The van der Waals surface area contributed by atoms with Crippen molar-refractivity contribution in [3.63, 3.8) is 0 Å². The molecule has 1 fully saturated rings. The molecule has 10 heteroatoms. The van der Waals surface area contributed by atoms with Crippen LogP contribution in [0.15, 0.2) is 22.7 Å². The topological polar surface area (TPSA) is 107 Å². The minimum Gasteiger partial charge on any atom is -0.465 e. The van der Waals surface area contributed by atoms with Gasteiger partial charge in [0.1, 0.15) is 0 Å². The molecule has 2 aromatic rings. The van der Waals surface area contributed by atoms with Gasteiger partial charge in [-0.05, 0) is 50.6 Å². The highest BCUT2D eigenvalue weighted by molar-refractivity contribution is 9.10. The molecule has 0 bridgehead atoms. The summed E-state index contributed by atoms with van der Waals surface area (Å²) in [7, 11) is 0. The van der Waals surface area contributed by atoms with E-state index in [2.05, 4.69) is 41.3 Å². The summed E-state index contributed by atoms with van der Waals surface area (Å²) < 4.78 is 5.91. The van der Waals surface area contributed by atoms with Crippen molar-refractivity contribution in [1.82, 2.24) is 20.1 Å². The molecule has 0 atom stereocenters. The molecule has 0 saturated carbocycles. The Kier molecular flexibility index (Phi) is 8.28. The molecule has 9 nitrogen and oxygen atoms in total. The number of halogens is 1. The standard InChI is InChI=1S/C26H32BrN5O4/c1-4-36-23(33)15-32-11-9-31(10-12-32)8-7-28-26(35)24-16(2)22(29-17(24)3)14-20-19-13-18(27)5-6-21(19)30-25(20)34/h5-6,13-14,29H,4,7-12,15H2,1-3H3,(H,28,35)(H,30,34)/b20-14-. The van der Waals surface area contributed by atoms with Crippen molar-refractivity contribution >= 4 is 51.1 Å². The fourth-order valence-electron chi connectivity index (χ4n) is 4.68. The van der Waals surface area contributed by atoms with Gasteiger partial charge >= 0.3 is 5.97 Å². The van der Waals surface area contributed by atoms with Crippen LogP contribution in [0.1, 0.15) is 39.8 Å². The number of nitrogens with zero attached hydrogens (tertiary/aromatic N) is 2. The fraction of sp³-hybridized carbons (Fsp3) is 0.423. The summed E-state index contributed by atoms with van der Waals surface area (Å²) in [4.78, 5) is 44.9. The molecule has 0 radical (unpaired) electrons. The number of carbonyl (C=O) groups excluding carboxylic acids is 3. The Morgan fingerprint density at radius 3 is 2.61 bits per heavy atom. The van der Waals surface area contributed by atoms with E-state index in [1.807, 2.05) is 45.0 Å². The van der Waals surface area contributed by atoms with Gasteiger partial charge < -0.3 is 20.4 Å². The van der Waals surface area contributed by atoms with E-state index in [0.29, 0.717) is 30.8 Å². The minimum atomic E-state index is -0.184. The first-order chi connectivity index (χ1) is 17.3. The summed E-state index contributed by atoms with van der Waals surface area (Å²) >= 11 is 3.47. The van der Waals surface area contributed by atoms with Crippen molar-refractivity contribution < 1.29 is 19.1 Å². The molecule has 2 amide bonds. The van der Waals surface area contributed by atoms with Crippen molar-refractivity contribution in [1.29, 1.82) is 0 Å². The second-order valence-corrected chi connectivity index (χ2v) is 9.96.